The lowest BCUT2D eigenvalue weighted by Crippen LogP contribution is -2.31. The summed E-state index contributed by atoms with van der Waals surface area (Å²) < 4.78 is 3.16. The Bertz CT molecular complexity index is 506. The highest BCUT2D eigenvalue weighted by atomic mass is 79.9. The predicted octanol–water partition coefficient (Wildman–Crippen LogP) is 1.29. The first-order valence-electron chi connectivity index (χ1n) is 4.76. The molecule has 2 rings (SSSR count). The Hall–Kier alpha value is -0.830. The second-order valence-corrected chi connectivity index (χ2v) is 4.96. The van der Waals surface area contributed by atoms with Crippen molar-refractivity contribution in [3.63, 3.8) is 0 Å². The van der Waals surface area contributed by atoms with Crippen LogP contribution in [0.1, 0.15) is 17.4 Å². The molecule has 17 heavy (non-hydrogen) atoms. The molecular weight excluding hydrogens is 352 g/mol. The van der Waals surface area contributed by atoms with Crippen molar-refractivity contribution in [1.29, 1.82) is 0 Å². The highest BCUT2D eigenvalue weighted by Crippen LogP contribution is 2.28. The van der Waals surface area contributed by atoms with Gasteiger partial charge in [0.15, 0.2) is 4.60 Å². The lowest BCUT2D eigenvalue weighted by atomic mass is 10.1. The summed E-state index contributed by atoms with van der Waals surface area (Å²) in [7, 11) is 1.80. The van der Waals surface area contributed by atoms with Gasteiger partial charge in [0.2, 0.25) is 0 Å². The zero-order valence-electron chi connectivity index (χ0n) is 8.93. The molecule has 0 aliphatic rings. The monoisotopic (exact) mass is 360 g/mol. The molecule has 0 radical (unpaired) electrons. The number of halogens is 2. The summed E-state index contributed by atoms with van der Waals surface area (Å²) in [5.74, 6) is 5.60. The van der Waals surface area contributed by atoms with E-state index >= 15 is 0 Å². The highest BCUT2D eigenvalue weighted by Gasteiger charge is 2.23. The molecule has 0 aromatic carbocycles. The SMILES string of the molecule is Cn1nnc(Br)c1C(NN)c1ncccc1Br. The Labute approximate surface area is 115 Å². The van der Waals surface area contributed by atoms with Crippen LogP contribution in [0.15, 0.2) is 27.4 Å². The second kappa shape index (κ2) is 5.21. The van der Waals surface area contributed by atoms with Crippen LogP contribution in [0.3, 0.4) is 0 Å². The van der Waals surface area contributed by atoms with Gasteiger partial charge in [0.1, 0.15) is 6.04 Å². The normalized spacial score (nSPS) is 12.7. The van der Waals surface area contributed by atoms with Gasteiger partial charge < -0.3 is 0 Å². The van der Waals surface area contributed by atoms with Crippen molar-refractivity contribution >= 4 is 31.9 Å². The van der Waals surface area contributed by atoms with Crippen LogP contribution in [-0.2, 0) is 7.05 Å². The number of rotatable bonds is 3. The third kappa shape index (κ3) is 2.39. The lowest BCUT2D eigenvalue weighted by molar-refractivity contribution is 0.557. The topological polar surface area (TPSA) is 81.7 Å². The van der Waals surface area contributed by atoms with Crippen LogP contribution in [0, 0.1) is 0 Å². The fraction of sp³-hybridized carbons (Fsp3) is 0.222. The first-order chi connectivity index (χ1) is 8.15. The van der Waals surface area contributed by atoms with Gasteiger partial charge in [0, 0.05) is 17.7 Å². The maximum absolute atomic E-state index is 5.60. The number of nitrogens with zero attached hydrogens (tertiary/aromatic N) is 4. The van der Waals surface area contributed by atoms with Gasteiger partial charge >= 0.3 is 0 Å². The molecule has 0 aliphatic heterocycles. The van der Waals surface area contributed by atoms with Crippen molar-refractivity contribution in [2.24, 2.45) is 12.9 Å². The summed E-state index contributed by atoms with van der Waals surface area (Å²) in [6, 6.07) is 3.46. The van der Waals surface area contributed by atoms with Crippen LogP contribution in [-0.4, -0.2) is 20.0 Å². The van der Waals surface area contributed by atoms with Crippen molar-refractivity contribution in [2.45, 2.75) is 6.04 Å². The van der Waals surface area contributed by atoms with Crippen molar-refractivity contribution in [3.8, 4) is 0 Å². The second-order valence-electron chi connectivity index (χ2n) is 3.36. The van der Waals surface area contributed by atoms with Crippen LogP contribution in [0.2, 0.25) is 0 Å². The van der Waals surface area contributed by atoms with Crippen molar-refractivity contribution in [2.75, 3.05) is 0 Å². The van der Waals surface area contributed by atoms with Gasteiger partial charge in [-0.2, -0.15) is 0 Å². The number of nitrogens with one attached hydrogen (secondary N) is 1. The van der Waals surface area contributed by atoms with Gasteiger partial charge in [-0.05, 0) is 44.0 Å². The standard InChI is InChI=1S/C9H10Br2N6/c1-17-8(9(11)15-16-17)7(14-12)6-5(10)3-2-4-13-6/h2-4,7,14H,12H2,1H3. The van der Waals surface area contributed by atoms with Gasteiger partial charge in [0.25, 0.3) is 0 Å². The molecule has 1 unspecified atom stereocenters. The average molecular weight is 362 g/mol. The van der Waals surface area contributed by atoms with Gasteiger partial charge in [-0.3, -0.25) is 10.8 Å². The maximum atomic E-state index is 5.60. The number of aromatic nitrogens is 4. The number of aryl methyl sites for hydroxylation is 1. The van der Waals surface area contributed by atoms with Gasteiger partial charge in [-0.25, -0.2) is 10.1 Å². The molecule has 8 heteroatoms. The van der Waals surface area contributed by atoms with E-state index in [1.807, 2.05) is 12.1 Å². The minimum atomic E-state index is -0.292. The van der Waals surface area contributed by atoms with Crippen LogP contribution in [0.4, 0.5) is 0 Å². The Morgan fingerprint density at radius 2 is 2.24 bits per heavy atom. The molecule has 0 bridgehead atoms. The molecule has 0 saturated carbocycles. The summed E-state index contributed by atoms with van der Waals surface area (Å²) in [5.41, 5.74) is 4.31. The quantitative estimate of drug-likeness (QED) is 0.635. The fourth-order valence-electron chi connectivity index (χ4n) is 1.54. The van der Waals surface area contributed by atoms with E-state index in [1.54, 1.807) is 17.9 Å². The van der Waals surface area contributed by atoms with Crippen LogP contribution in [0.25, 0.3) is 0 Å². The molecule has 2 aromatic rings. The molecule has 0 saturated heterocycles. The molecule has 0 spiro atoms. The minimum Gasteiger partial charge on any atom is -0.270 e. The molecule has 0 amide bonds. The summed E-state index contributed by atoms with van der Waals surface area (Å²) in [6.07, 6.45) is 1.71. The fourth-order valence-corrected chi connectivity index (χ4v) is 2.58. The van der Waals surface area contributed by atoms with Crippen LogP contribution < -0.4 is 11.3 Å². The molecule has 1 atom stereocenters. The van der Waals surface area contributed by atoms with E-state index in [9.17, 15) is 0 Å². The number of pyridine rings is 1. The molecular formula is C9H10Br2N6. The van der Waals surface area contributed by atoms with Crippen molar-refractivity contribution < 1.29 is 0 Å². The molecule has 3 N–H and O–H groups in total. The van der Waals surface area contributed by atoms with Gasteiger partial charge in [-0.1, -0.05) is 5.21 Å². The van der Waals surface area contributed by atoms with Crippen molar-refractivity contribution in [1.82, 2.24) is 25.4 Å². The van der Waals surface area contributed by atoms with E-state index in [4.69, 9.17) is 5.84 Å². The number of hydrogen-bond acceptors (Lipinski definition) is 5. The van der Waals surface area contributed by atoms with E-state index in [0.717, 1.165) is 15.9 Å². The molecule has 90 valence electrons. The first kappa shape index (κ1) is 12.6. The third-order valence-electron chi connectivity index (χ3n) is 2.33. The van der Waals surface area contributed by atoms with Crippen LogP contribution >= 0.6 is 31.9 Å². The van der Waals surface area contributed by atoms with E-state index in [1.165, 1.54) is 0 Å². The summed E-state index contributed by atoms with van der Waals surface area (Å²) in [6.45, 7) is 0. The largest absolute Gasteiger partial charge is 0.270 e. The van der Waals surface area contributed by atoms with E-state index in [-0.39, 0.29) is 6.04 Å². The number of hydrazine groups is 1. The molecule has 0 fully saturated rings. The maximum Gasteiger partial charge on any atom is 0.153 e. The summed E-state index contributed by atoms with van der Waals surface area (Å²) in [5, 5.41) is 7.85. The molecule has 2 aromatic heterocycles. The molecule has 0 aliphatic carbocycles. The molecule has 6 nitrogen and oxygen atoms in total. The first-order valence-corrected chi connectivity index (χ1v) is 6.35. The predicted molar refractivity (Wildman–Crippen MR) is 69.8 cm³/mol. The Morgan fingerprint density at radius 1 is 1.47 bits per heavy atom. The Balaban J connectivity index is 2.52. The van der Waals surface area contributed by atoms with E-state index in [0.29, 0.717) is 4.60 Å². The van der Waals surface area contributed by atoms with E-state index < -0.39 is 0 Å². The zero-order chi connectivity index (χ0) is 12.4. The highest BCUT2D eigenvalue weighted by molar-refractivity contribution is 9.10. The number of hydrogen-bond donors (Lipinski definition) is 2. The Kier molecular flexibility index (Phi) is 3.87. The third-order valence-corrected chi connectivity index (χ3v) is 3.56. The summed E-state index contributed by atoms with van der Waals surface area (Å²) >= 11 is 6.80. The number of nitrogens with two attached hydrogens (primary N) is 1. The lowest BCUT2D eigenvalue weighted by Gasteiger charge is -2.16. The minimum absolute atomic E-state index is 0.292. The van der Waals surface area contributed by atoms with Crippen LogP contribution in [0.5, 0.6) is 0 Å². The summed E-state index contributed by atoms with van der Waals surface area (Å²) in [4.78, 5) is 4.31. The van der Waals surface area contributed by atoms with E-state index in [2.05, 4.69) is 52.6 Å². The zero-order valence-corrected chi connectivity index (χ0v) is 12.1. The van der Waals surface area contributed by atoms with Gasteiger partial charge in [-0.15, -0.1) is 5.10 Å². The van der Waals surface area contributed by atoms with Crippen molar-refractivity contribution in [3.05, 3.63) is 38.8 Å². The Morgan fingerprint density at radius 3 is 2.76 bits per heavy atom. The smallest absolute Gasteiger partial charge is 0.153 e. The van der Waals surface area contributed by atoms with Gasteiger partial charge in [0.05, 0.1) is 11.4 Å². The molecule has 2 heterocycles. The average Bonchev–Trinajstić information content (AvgIpc) is 2.64.